The van der Waals surface area contributed by atoms with E-state index in [-0.39, 0.29) is 17.9 Å². The van der Waals surface area contributed by atoms with Crippen molar-refractivity contribution >= 4 is 5.91 Å². The van der Waals surface area contributed by atoms with Crippen LogP contribution in [0.5, 0.6) is 5.75 Å². The molecule has 0 aromatic heterocycles. The van der Waals surface area contributed by atoms with Gasteiger partial charge in [0, 0.05) is 44.3 Å². The van der Waals surface area contributed by atoms with E-state index in [4.69, 9.17) is 9.47 Å². The van der Waals surface area contributed by atoms with E-state index in [1.54, 1.807) is 7.11 Å². The maximum atomic E-state index is 12.9. The van der Waals surface area contributed by atoms with Crippen LogP contribution >= 0.6 is 0 Å². The van der Waals surface area contributed by atoms with Crippen LogP contribution in [0, 0.1) is 5.92 Å². The first-order valence-electron chi connectivity index (χ1n) is 8.03. The number of methoxy groups -OCH3 is 1. The van der Waals surface area contributed by atoms with Crippen LogP contribution < -0.4 is 10.1 Å². The quantitative estimate of drug-likeness (QED) is 0.921. The number of benzene rings is 1. The predicted octanol–water partition coefficient (Wildman–Crippen LogP) is 1.59. The third-order valence-corrected chi connectivity index (χ3v) is 4.59. The van der Waals surface area contributed by atoms with E-state index in [0.717, 1.165) is 43.8 Å². The van der Waals surface area contributed by atoms with E-state index in [0.29, 0.717) is 13.2 Å². The van der Waals surface area contributed by atoms with Crippen LogP contribution in [0.25, 0.3) is 0 Å². The second kappa shape index (κ2) is 7.11. The number of rotatable bonds is 3. The summed E-state index contributed by atoms with van der Waals surface area (Å²) in [5, 5.41) is 3.40. The van der Waals surface area contributed by atoms with Crippen molar-refractivity contribution in [3.8, 4) is 5.75 Å². The van der Waals surface area contributed by atoms with E-state index in [2.05, 4.69) is 11.4 Å². The van der Waals surface area contributed by atoms with Gasteiger partial charge in [0.25, 0.3) is 0 Å². The minimum Gasteiger partial charge on any atom is -0.496 e. The summed E-state index contributed by atoms with van der Waals surface area (Å²) in [7, 11) is 1.68. The van der Waals surface area contributed by atoms with Crippen LogP contribution in [-0.2, 0) is 9.53 Å². The summed E-state index contributed by atoms with van der Waals surface area (Å²) in [5.74, 6) is 1.21. The molecule has 0 radical (unpaired) electrons. The number of carbonyl (C=O) groups excluding carboxylic acids is 1. The highest BCUT2D eigenvalue weighted by molar-refractivity contribution is 5.79. The third kappa shape index (κ3) is 3.10. The Morgan fingerprint density at radius 1 is 1.32 bits per heavy atom. The maximum Gasteiger partial charge on any atom is 0.226 e. The Kier molecular flexibility index (Phi) is 4.95. The fraction of sp³-hybridized carbons (Fsp3) is 0.588. The van der Waals surface area contributed by atoms with Crippen molar-refractivity contribution in [2.24, 2.45) is 5.92 Å². The summed E-state index contributed by atoms with van der Waals surface area (Å²) in [6.07, 6.45) is 1.67. The zero-order valence-electron chi connectivity index (χ0n) is 13.1. The molecule has 1 aromatic rings. The fourth-order valence-corrected chi connectivity index (χ4v) is 3.37. The highest BCUT2D eigenvalue weighted by Gasteiger charge is 2.34. The number of nitrogens with one attached hydrogen (secondary N) is 1. The number of ether oxygens (including phenoxy) is 2. The monoisotopic (exact) mass is 304 g/mol. The minimum absolute atomic E-state index is 0.0419. The first kappa shape index (κ1) is 15.3. The molecule has 0 aliphatic carbocycles. The highest BCUT2D eigenvalue weighted by Crippen LogP contribution is 2.32. The lowest BCUT2D eigenvalue weighted by atomic mass is 9.95. The van der Waals surface area contributed by atoms with Crippen molar-refractivity contribution < 1.29 is 14.3 Å². The molecule has 1 unspecified atom stereocenters. The van der Waals surface area contributed by atoms with Crippen molar-refractivity contribution in [2.45, 2.75) is 18.9 Å². The van der Waals surface area contributed by atoms with Gasteiger partial charge in [0.15, 0.2) is 0 Å². The molecule has 5 nitrogen and oxygen atoms in total. The molecular weight excluding hydrogens is 280 g/mol. The predicted molar refractivity (Wildman–Crippen MR) is 83.9 cm³/mol. The van der Waals surface area contributed by atoms with Gasteiger partial charge in [-0.25, -0.2) is 0 Å². The number of hydrogen-bond acceptors (Lipinski definition) is 4. The molecule has 0 saturated carbocycles. The van der Waals surface area contributed by atoms with Gasteiger partial charge in [-0.15, -0.1) is 0 Å². The molecule has 0 spiro atoms. The van der Waals surface area contributed by atoms with Gasteiger partial charge in [0.2, 0.25) is 5.91 Å². The molecule has 1 amide bonds. The molecule has 0 bridgehead atoms. The van der Waals surface area contributed by atoms with Gasteiger partial charge >= 0.3 is 0 Å². The summed E-state index contributed by atoms with van der Waals surface area (Å²) in [6.45, 7) is 3.76. The molecule has 1 N–H and O–H groups in total. The van der Waals surface area contributed by atoms with Crippen LogP contribution in [0.4, 0.5) is 0 Å². The molecule has 3 rings (SSSR count). The van der Waals surface area contributed by atoms with Crippen LogP contribution in [0.1, 0.15) is 24.4 Å². The largest absolute Gasteiger partial charge is 0.496 e. The summed E-state index contributed by atoms with van der Waals surface area (Å²) in [4.78, 5) is 15.0. The SMILES string of the molecule is COc1ccccc1C1CNCCN1C(=O)C1CCOCC1. The molecule has 5 heteroatoms. The molecule has 2 fully saturated rings. The van der Waals surface area contributed by atoms with Crippen LogP contribution in [0.2, 0.25) is 0 Å². The zero-order chi connectivity index (χ0) is 15.4. The van der Waals surface area contributed by atoms with Gasteiger partial charge < -0.3 is 19.7 Å². The molecule has 2 saturated heterocycles. The summed E-state index contributed by atoms with van der Waals surface area (Å²) in [6, 6.07) is 8.02. The number of para-hydroxylation sites is 1. The average Bonchev–Trinajstić information content (AvgIpc) is 2.62. The topological polar surface area (TPSA) is 50.8 Å². The molecule has 2 aliphatic rings. The Labute approximate surface area is 131 Å². The Morgan fingerprint density at radius 3 is 2.86 bits per heavy atom. The van der Waals surface area contributed by atoms with Crippen molar-refractivity contribution in [2.75, 3.05) is 40.0 Å². The van der Waals surface area contributed by atoms with Crippen molar-refractivity contribution in [3.63, 3.8) is 0 Å². The summed E-state index contributed by atoms with van der Waals surface area (Å²) < 4.78 is 10.9. The Bertz CT molecular complexity index is 514. The molecule has 120 valence electrons. The smallest absolute Gasteiger partial charge is 0.226 e. The first-order valence-corrected chi connectivity index (χ1v) is 8.03. The van der Waals surface area contributed by atoms with Gasteiger partial charge in [-0.3, -0.25) is 4.79 Å². The van der Waals surface area contributed by atoms with Gasteiger partial charge in [-0.2, -0.15) is 0 Å². The summed E-state index contributed by atoms with van der Waals surface area (Å²) >= 11 is 0. The normalized spacial score (nSPS) is 23.3. The minimum atomic E-state index is 0.0419. The highest BCUT2D eigenvalue weighted by atomic mass is 16.5. The number of hydrogen-bond donors (Lipinski definition) is 1. The number of piperazine rings is 1. The molecule has 2 heterocycles. The molecule has 2 aliphatic heterocycles. The molecular formula is C17H24N2O3. The van der Waals surface area contributed by atoms with Gasteiger partial charge in [0.1, 0.15) is 5.75 Å². The van der Waals surface area contributed by atoms with E-state index >= 15 is 0 Å². The van der Waals surface area contributed by atoms with Gasteiger partial charge in [-0.1, -0.05) is 18.2 Å². The lowest BCUT2D eigenvalue weighted by Gasteiger charge is -2.39. The van der Waals surface area contributed by atoms with Crippen molar-refractivity contribution in [3.05, 3.63) is 29.8 Å². The maximum absolute atomic E-state index is 12.9. The van der Waals surface area contributed by atoms with Gasteiger partial charge in [0.05, 0.1) is 13.2 Å². The number of carbonyl (C=O) groups is 1. The van der Waals surface area contributed by atoms with E-state index in [9.17, 15) is 4.79 Å². The van der Waals surface area contributed by atoms with Crippen molar-refractivity contribution in [1.29, 1.82) is 0 Å². The lowest BCUT2D eigenvalue weighted by molar-refractivity contribution is -0.142. The Balaban J connectivity index is 1.83. The Hall–Kier alpha value is -1.59. The second-order valence-electron chi connectivity index (χ2n) is 5.88. The second-order valence-corrected chi connectivity index (χ2v) is 5.88. The third-order valence-electron chi connectivity index (χ3n) is 4.59. The number of nitrogens with zero attached hydrogens (tertiary/aromatic N) is 1. The van der Waals surface area contributed by atoms with E-state index in [1.807, 2.05) is 23.1 Å². The van der Waals surface area contributed by atoms with E-state index < -0.39 is 0 Å². The molecule has 1 aromatic carbocycles. The standard InChI is InChI=1S/C17H24N2O3/c1-21-16-5-3-2-4-14(16)15-12-18-8-9-19(15)17(20)13-6-10-22-11-7-13/h2-5,13,15,18H,6-12H2,1H3. The first-order chi connectivity index (χ1) is 10.8. The van der Waals surface area contributed by atoms with Gasteiger partial charge in [-0.05, 0) is 18.9 Å². The van der Waals surface area contributed by atoms with Crippen LogP contribution in [0.3, 0.4) is 0 Å². The molecule has 22 heavy (non-hydrogen) atoms. The fourth-order valence-electron chi connectivity index (χ4n) is 3.37. The summed E-state index contributed by atoms with van der Waals surface area (Å²) in [5.41, 5.74) is 1.08. The number of amides is 1. The van der Waals surface area contributed by atoms with E-state index in [1.165, 1.54) is 0 Å². The average molecular weight is 304 g/mol. The van der Waals surface area contributed by atoms with Crippen LogP contribution in [0.15, 0.2) is 24.3 Å². The molecule has 1 atom stereocenters. The zero-order valence-corrected chi connectivity index (χ0v) is 13.1. The van der Waals surface area contributed by atoms with Crippen molar-refractivity contribution in [1.82, 2.24) is 10.2 Å². The lowest BCUT2D eigenvalue weighted by Crippen LogP contribution is -2.51. The van der Waals surface area contributed by atoms with Crippen LogP contribution in [-0.4, -0.2) is 50.8 Å². The Morgan fingerprint density at radius 2 is 2.09 bits per heavy atom.